The highest BCUT2D eigenvalue weighted by atomic mass is 35.5. The third-order valence-corrected chi connectivity index (χ3v) is 8.80. The molecule has 1 N–H and O–H groups in total. The van der Waals surface area contributed by atoms with Crippen LogP contribution in [0.4, 0.5) is 0 Å². The van der Waals surface area contributed by atoms with Gasteiger partial charge in [-0.3, -0.25) is 4.99 Å². The van der Waals surface area contributed by atoms with Crippen molar-refractivity contribution in [3.63, 3.8) is 0 Å². The second kappa shape index (κ2) is 5.44. The Bertz CT molecular complexity index is 639. The van der Waals surface area contributed by atoms with Crippen LogP contribution in [0.3, 0.4) is 0 Å². The standard InChI is InChI=1S/C14H15ClN2S3/c1-14(2,3)17-13-16-12-8-11(18-20(12)19-13)9-4-6-10(15)7-5-9/h4-8H,1-3H3,(H,16,17). The molecule has 106 valence electrons. The Morgan fingerprint density at radius 1 is 1.15 bits per heavy atom. The number of benzene rings is 1. The Labute approximate surface area is 134 Å². The molecular weight excluding hydrogens is 328 g/mol. The van der Waals surface area contributed by atoms with Gasteiger partial charge in [-0.1, -0.05) is 34.5 Å². The van der Waals surface area contributed by atoms with Gasteiger partial charge in [-0.15, -0.1) is 0 Å². The van der Waals surface area contributed by atoms with E-state index < -0.39 is 0 Å². The first-order valence-corrected chi connectivity index (χ1v) is 10.5. The molecule has 2 nitrogen and oxygen atoms in total. The Hall–Kier alpha value is -0.360. The van der Waals surface area contributed by atoms with E-state index in [1.165, 1.54) is 15.5 Å². The maximum atomic E-state index is 5.93. The molecule has 2 aliphatic heterocycles. The molecule has 0 aromatic heterocycles. The van der Waals surface area contributed by atoms with Crippen LogP contribution in [-0.2, 0) is 0 Å². The minimum absolute atomic E-state index is 0.0353. The quantitative estimate of drug-likeness (QED) is 0.564. The highest BCUT2D eigenvalue weighted by Gasteiger charge is 2.27. The average molecular weight is 343 g/mol. The number of aliphatic imine (C=N–C) groups is 1. The zero-order valence-corrected chi connectivity index (χ0v) is 14.6. The van der Waals surface area contributed by atoms with Crippen molar-refractivity contribution in [2.24, 2.45) is 4.99 Å². The van der Waals surface area contributed by atoms with Crippen molar-refractivity contribution in [2.45, 2.75) is 26.3 Å². The fourth-order valence-electron chi connectivity index (χ4n) is 1.75. The number of rotatable bonds is 1. The zero-order chi connectivity index (χ0) is 14.3. The third-order valence-electron chi connectivity index (χ3n) is 2.56. The minimum Gasteiger partial charge on any atom is -0.328 e. The van der Waals surface area contributed by atoms with Gasteiger partial charge in [-0.05, 0) is 63.9 Å². The fourth-order valence-corrected chi connectivity index (χ4v) is 8.11. The Morgan fingerprint density at radius 2 is 1.85 bits per heavy atom. The summed E-state index contributed by atoms with van der Waals surface area (Å²) in [5, 5.41) is 5.25. The molecule has 0 saturated carbocycles. The number of nitrogens with zero attached hydrogens (tertiary/aromatic N) is 1. The summed E-state index contributed by atoms with van der Waals surface area (Å²) in [7, 11) is 3.84. The molecular formula is C14H15ClN2S3. The Balaban J connectivity index is 1.76. The molecule has 2 heterocycles. The molecule has 3 rings (SSSR count). The maximum absolute atomic E-state index is 5.93. The van der Waals surface area contributed by atoms with Crippen molar-refractivity contribution in [3.05, 3.63) is 40.9 Å². The predicted octanol–water partition coefficient (Wildman–Crippen LogP) is 5.15. The van der Waals surface area contributed by atoms with Crippen molar-refractivity contribution >= 4 is 56.8 Å². The lowest BCUT2D eigenvalue weighted by molar-refractivity contribution is 0.584. The molecule has 0 fully saturated rings. The van der Waals surface area contributed by atoms with Gasteiger partial charge in [0.25, 0.3) is 0 Å². The van der Waals surface area contributed by atoms with E-state index >= 15 is 0 Å². The summed E-state index contributed by atoms with van der Waals surface area (Å²) in [6, 6.07) is 8.02. The van der Waals surface area contributed by atoms with E-state index in [9.17, 15) is 0 Å². The lowest BCUT2D eigenvalue weighted by Crippen LogP contribution is -2.24. The molecule has 0 bridgehead atoms. The fraction of sp³-hybridized carbons (Fsp3) is 0.286. The molecule has 1 unspecified atom stereocenters. The van der Waals surface area contributed by atoms with E-state index in [0.717, 1.165) is 10.2 Å². The number of halogens is 1. The first-order valence-electron chi connectivity index (χ1n) is 6.23. The number of hydrogen-bond donors (Lipinski definition) is 1. The van der Waals surface area contributed by atoms with Crippen LogP contribution in [0.5, 0.6) is 0 Å². The van der Waals surface area contributed by atoms with Gasteiger partial charge in [0.2, 0.25) is 0 Å². The van der Waals surface area contributed by atoms with Gasteiger partial charge in [0.15, 0.2) is 5.17 Å². The van der Waals surface area contributed by atoms with Crippen LogP contribution < -0.4 is 5.32 Å². The van der Waals surface area contributed by atoms with Crippen molar-refractivity contribution in [3.8, 4) is 0 Å². The molecule has 0 saturated heterocycles. The monoisotopic (exact) mass is 342 g/mol. The van der Waals surface area contributed by atoms with E-state index in [1.54, 1.807) is 0 Å². The maximum Gasteiger partial charge on any atom is 0.173 e. The Morgan fingerprint density at radius 3 is 2.45 bits per heavy atom. The van der Waals surface area contributed by atoms with E-state index in [0.29, 0.717) is 0 Å². The lowest BCUT2D eigenvalue weighted by atomic mass is 10.1. The van der Waals surface area contributed by atoms with Crippen molar-refractivity contribution in [2.75, 3.05) is 0 Å². The number of amidine groups is 1. The third kappa shape index (κ3) is 3.27. The predicted molar refractivity (Wildman–Crippen MR) is 97.5 cm³/mol. The first-order chi connectivity index (χ1) is 9.40. The molecule has 0 aliphatic carbocycles. The summed E-state index contributed by atoms with van der Waals surface area (Å²) < 4.78 is 0. The van der Waals surface area contributed by atoms with E-state index in [-0.39, 0.29) is 14.1 Å². The van der Waals surface area contributed by atoms with Crippen LogP contribution in [-0.4, -0.2) is 15.7 Å². The van der Waals surface area contributed by atoms with Gasteiger partial charge in [0.1, 0.15) is 0 Å². The molecule has 20 heavy (non-hydrogen) atoms. The van der Waals surface area contributed by atoms with E-state index in [2.05, 4.69) is 44.3 Å². The molecule has 1 aromatic rings. The summed E-state index contributed by atoms with van der Waals surface area (Å²) in [6.45, 7) is 6.35. The van der Waals surface area contributed by atoms with Gasteiger partial charge >= 0.3 is 0 Å². The van der Waals surface area contributed by atoms with Gasteiger partial charge in [0.05, 0.1) is 10.5 Å². The molecule has 1 aromatic carbocycles. The molecule has 0 amide bonds. The molecule has 6 heteroatoms. The molecule has 0 radical (unpaired) electrons. The van der Waals surface area contributed by atoms with Crippen molar-refractivity contribution < 1.29 is 0 Å². The summed E-state index contributed by atoms with van der Waals surface area (Å²) in [4.78, 5) is 7.27. The normalized spacial score (nSPS) is 23.8. The van der Waals surface area contributed by atoms with Crippen molar-refractivity contribution in [1.29, 1.82) is 0 Å². The van der Waals surface area contributed by atoms with Crippen LogP contribution in [0, 0.1) is 0 Å². The second-order valence-corrected chi connectivity index (χ2v) is 11.6. The highest BCUT2D eigenvalue weighted by Crippen LogP contribution is 2.58. The Kier molecular flexibility index (Phi) is 3.97. The van der Waals surface area contributed by atoms with Crippen LogP contribution in [0.15, 0.2) is 35.3 Å². The molecule has 1 atom stereocenters. The largest absolute Gasteiger partial charge is 0.328 e. The zero-order valence-electron chi connectivity index (χ0n) is 11.4. The van der Waals surface area contributed by atoms with Crippen LogP contribution in [0.2, 0.25) is 5.02 Å². The highest BCUT2D eigenvalue weighted by molar-refractivity contribution is 9.20. The van der Waals surface area contributed by atoms with Gasteiger partial charge in [-0.25, -0.2) is 0 Å². The van der Waals surface area contributed by atoms with Crippen LogP contribution in [0.1, 0.15) is 26.3 Å². The number of hydrogen-bond acceptors (Lipinski definition) is 3. The molecule has 2 aliphatic rings. The van der Waals surface area contributed by atoms with Gasteiger partial charge < -0.3 is 5.32 Å². The minimum atomic E-state index is -0.0353. The number of nitrogens with one attached hydrogen (secondary N) is 1. The van der Waals surface area contributed by atoms with Gasteiger partial charge in [0, 0.05) is 9.93 Å². The summed E-state index contributed by atoms with van der Waals surface area (Å²) in [5.74, 6) is 0. The summed E-state index contributed by atoms with van der Waals surface area (Å²) >= 11 is 5.93. The summed E-state index contributed by atoms with van der Waals surface area (Å²) in [6.07, 6.45) is 2.23. The van der Waals surface area contributed by atoms with E-state index in [4.69, 9.17) is 16.6 Å². The second-order valence-electron chi connectivity index (χ2n) is 5.49. The summed E-state index contributed by atoms with van der Waals surface area (Å²) in [5.41, 5.74) is 1.19. The van der Waals surface area contributed by atoms with E-state index in [1.807, 2.05) is 33.7 Å². The molecule has 0 spiro atoms. The van der Waals surface area contributed by atoms with Gasteiger partial charge in [-0.2, -0.15) is 0 Å². The van der Waals surface area contributed by atoms with Crippen molar-refractivity contribution in [1.82, 2.24) is 5.32 Å². The van der Waals surface area contributed by atoms with Crippen LogP contribution in [0.25, 0.3) is 4.91 Å². The topological polar surface area (TPSA) is 24.4 Å². The lowest BCUT2D eigenvalue weighted by Gasteiger charge is -2.13. The first kappa shape index (κ1) is 14.6. The SMILES string of the molecule is CC(C)(C)N=C1NC2=S(SC(c3ccc(Cl)cc3)=C2)S1. The smallest absolute Gasteiger partial charge is 0.173 e. The van der Waals surface area contributed by atoms with Crippen LogP contribution >= 0.6 is 41.7 Å². The average Bonchev–Trinajstić information content (AvgIpc) is 2.85.